The van der Waals surface area contributed by atoms with Crippen molar-refractivity contribution in [3.63, 3.8) is 0 Å². The summed E-state index contributed by atoms with van der Waals surface area (Å²) in [4.78, 5) is 58.1. The number of pyridine rings is 1. The zero-order valence-electron chi connectivity index (χ0n) is 14.5. The van der Waals surface area contributed by atoms with Crippen molar-refractivity contribution in [2.45, 2.75) is 39.2 Å². The molecule has 0 bridgehead atoms. The fourth-order valence-electron chi connectivity index (χ4n) is 3.17. The molecule has 0 atom stereocenters. The number of aromatic nitrogens is 3. The topological polar surface area (TPSA) is 99.0 Å². The molecule has 0 unspecified atom stereocenters. The van der Waals surface area contributed by atoms with Crippen molar-refractivity contribution in [1.82, 2.24) is 14.5 Å². The van der Waals surface area contributed by atoms with Crippen molar-refractivity contribution >= 4 is 17.3 Å². The van der Waals surface area contributed by atoms with Crippen molar-refractivity contribution in [1.29, 1.82) is 0 Å². The van der Waals surface area contributed by atoms with Crippen molar-refractivity contribution in [3.8, 4) is 11.4 Å². The molecule has 1 fully saturated rings. The molecule has 0 amide bonds. The number of Topliss-reactive ketones (excluding diaryl/α,β-unsaturated/α-hetero) is 3. The van der Waals surface area contributed by atoms with E-state index in [4.69, 9.17) is 0 Å². The van der Waals surface area contributed by atoms with E-state index in [0.29, 0.717) is 30.8 Å². The molecule has 2 aromatic rings. The minimum atomic E-state index is -1.36. The number of hydrogen-bond acceptors (Lipinski definition) is 6. The zero-order valence-corrected chi connectivity index (χ0v) is 14.5. The third-order valence-electron chi connectivity index (χ3n) is 4.43. The summed E-state index contributed by atoms with van der Waals surface area (Å²) in [6, 6.07) is 3.51. The summed E-state index contributed by atoms with van der Waals surface area (Å²) >= 11 is 0. The summed E-state index contributed by atoms with van der Waals surface area (Å²) in [6.07, 6.45) is 5.87. The van der Waals surface area contributed by atoms with Crippen molar-refractivity contribution in [3.05, 3.63) is 46.6 Å². The number of nitrogens with zero attached hydrogens (tertiary/aromatic N) is 3. The number of rotatable bonds is 5. The molecule has 0 aliphatic heterocycles. The van der Waals surface area contributed by atoms with E-state index in [0.717, 1.165) is 0 Å². The van der Waals surface area contributed by atoms with E-state index >= 15 is 0 Å². The van der Waals surface area contributed by atoms with Crippen LogP contribution in [0, 0.1) is 5.92 Å². The van der Waals surface area contributed by atoms with Crippen LogP contribution < -0.4 is 5.56 Å². The van der Waals surface area contributed by atoms with Crippen LogP contribution >= 0.6 is 0 Å². The first kappa shape index (κ1) is 17.8. The van der Waals surface area contributed by atoms with E-state index in [9.17, 15) is 19.2 Å². The standard InChI is InChI=1S/C19H19N3O4/c1-2-9-22-18(12-5-4-8-20-10-12)21-11-13(19(22)26)17(25)16-14(23)6-3-7-15(16)24/h4-5,8,10-11,16H,2-3,6-7,9H2,1H3. The Morgan fingerprint density at radius 1 is 1.19 bits per heavy atom. The van der Waals surface area contributed by atoms with Crippen molar-refractivity contribution in [2.75, 3.05) is 0 Å². The second-order valence-corrected chi connectivity index (χ2v) is 6.28. The van der Waals surface area contributed by atoms with E-state index in [1.165, 1.54) is 10.8 Å². The molecule has 1 saturated carbocycles. The Morgan fingerprint density at radius 3 is 2.54 bits per heavy atom. The molecule has 0 aromatic carbocycles. The molecule has 7 nitrogen and oxygen atoms in total. The zero-order chi connectivity index (χ0) is 18.7. The lowest BCUT2D eigenvalue weighted by molar-refractivity contribution is -0.133. The van der Waals surface area contributed by atoms with Crippen LogP contribution in [-0.2, 0) is 16.1 Å². The summed E-state index contributed by atoms with van der Waals surface area (Å²) in [5.74, 6) is -2.52. The van der Waals surface area contributed by atoms with Gasteiger partial charge in [0.1, 0.15) is 17.3 Å². The summed E-state index contributed by atoms with van der Waals surface area (Å²) in [5, 5.41) is 0. The van der Waals surface area contributed by atoms with Crippen LogP contribution in [0.2, 0.25) is 0 Å². The smallest absolute Gasteiger partial charge is 0.264 e. The minimum Gasteiger partial charge on any atom is -0.298 e. The monoisotopic (exact) mass is 353 g/mol. The van der Waals surface area contributed by atoms with Gasteiger partial charge in [0.2, 0.25) is 0 Å². The van der Waals surface area contributed by atoms with Gasteiger partial charge in [0.25, 0.3) is 5.56 Å². The van der Waals surface area contributed by atoms with Crippen LogP contribution in [0.3, 0.4) is 0 Å². The Morgan fingerprint density at radius 2 is 1.92 bits per heavy atom. The molecule has 26 heavy (non-hydrogen) atoms. The van der Waals surface area contributed by atoms with Gasteiger partial charge < -0.3 is 0 Å². The summed E-state index contributed by atoms with van der Waals surface area (Å²) in [6.45, 7) is 2.27. The van der Waals surface area contributed by atoms with Crippen LogP contribution in [0.5, 0.6) is 0 Å². The summed E-state index contributed by atoms with van der Waals surface area (Å²) < 4.78 is 1.40. The maximum absolute atomic E-state index is 12.9. The van der Waals surface area contributed by atoms with Gasteiger partial charge in [0.05, 0.1) is 0 Å². The molecule has 0 saturated heterocycles. The maximum Gasteiger partial charge on any atom is 0.264 e. The normalized spacial score (nSPS) is 15.3. The van der Waals surface area contributed by atoms with Crippen LogP contribution in [0.4, 0.5) is 0 Å². The van der Waals surface area contributed by atoms with E-state index in [1.807, 2.05) is 6.92 Å². The van der Waals surface area contributed by atoms with E-state index < -0.39 is 28.8 Å². The number of ketones is 3. The Labute approximate surface area is 150 Å². The van der Waals surface area contributed by atoms with Crippen molar-refractivity contribution < 1.29 is 14.4 Å². The second-order valence-electron chi connectivity index (χ2n) is 6.28. The van der Waals surface area contributed by atoms with E-state index in [-0.39, 0.29) is 18.4 Å². The molecule has 7 heteroatoms. The largest absolute Gasteiger partial charge is 0.298 e. The molecule has 2 aromatic heterocycles. The first-order valence-electron chi connectivity index (χ1n) is 8.64. The molecular formula is C19H19N3O4. The fourth-order valence-corrected chi connectivity index (χ4v) is 3.17. The van der Waals surface area contributed by atoms with Gasteiger partial charge in [0, 0.05) is 43.5 Å². The first-order chi connectivity index (χ1) is 12.5. The SMILES string of the molecule is CCCn1c(-c2cccnc2)ncc(C(=O)C2C(=O)CCCC2=O)c1=O. The summed E-state index contributed by atoms with van der Waals surface area (Å²) in [5.41, 5.74) is -0.0848. The highest BCUT2D eigenvalue weighted by Gasteiger charge is 2.38. The minimum absolute atomic E-state index is 0.187. The maximum atomic E-state index is 12.9. The molecule has 134 valence electrons. The lowest BCUT2D eigenvalue weighted by Crippen LogP contribution is -2.39. The average Bonchev–Trinajstić information content (AvgIpc) is 2.64. The summed E-state index contributed by atoms with van der Waals surface area (Å²) in [7, 11) is 0. The Bertz CT molecular complexity index is 902. The predicted molar refractivity (Wildman–Crippen MR) is 93.7 cm³/mol. The Kier molecular flexibility index (Phi) is 5.16. The number of carbonyl (C=O) groups is 3. The predicted octanol–water partition coefficient (Wildman–Crippen LogP) is 1.84. The van der Waals surface area contributed by atoms with E-state index in [1.54, 1.807) is 24.5 Å². The molecule has 2 heterocycles. The van der Waals surface area contributed by atoms with Crippen LogP contribution in [-0.4, -0.2) is 31.9 Å². The van der Waals surface area contributed by atoms with Gasteiger partial charge >= 0.3 is 0 Å². The highest BCUT2D eigenvalue weighted by Crippen LogP contribution is 2.21. The fraction of sp³-hybridized carbons (Fsp3) is 0.368. The number of hydrogen-bond donors (Lipinski definition) is 0. The van der Waals surface area contributed by atoms with Crippen LogP contribution in [0.1, 0.15) is 43.0 Å². The van der Waals surface area contributed by atoms with Gasteiger partial charge in [-0.2, -0.15) is 0 Å². The highest BCUT2D eigenvalue weighted by molar-refractivity contribution is 6.24. The van der Waals surface area contributed by atoms with Crippen molar-refractivity contribution in [2.24, 2.45) is 5.92 Å². The van der Waals surface area contributed by atoms with Gasteiger partial charge in [-0.15, -0.1) is 0 Å². The average molecular weight is 353 g/mol. The van der Waals surface area contributed by atoms with Crippen LogP contribution in [0.15, 0.2) is 35.5 Å². The van der Waals surface area contributed by atoms with Gasteiger partial charge in [-0.3, -0.25) is 28.7 Å². The van der Waals surface area contributed by atoms with Gasteiger partial charge in [-0.1, -0.05) is 6.92 Å². The van der Waals surface area contributed by atoms with Gasteiger partial charge in [-0.05, 0) is 25.0 Å². The number of carbonyl (C=O) groups excluding carboxylic acids is 3. The molecule has 3 rings (SSSR count). The van der Waals surface area contributed by atoms with E-state index in [2.05, 4.69) is 9.97 Å². The Hall–Kier alpha value is -2.96. The third kappa shape index (κ3) is 3.24. The molecule has 0 N–H and O–H groups in total. The second kappa shape index (κ2) is 7.51. The lowest BCUT2D eigenvalue weighted by atomic mass is 9.82. The molecule has 1 aliphatic rings. The lowest BCUT2D eigenvalue weighted by Gasteiger charge is -2.19. The van der Waals surface area contributed by atoms with Gasteiger partial charge in [-0.25, -0.2) is 4.98 Å². The third-order valence-corrected chi connectivity index (χ3v) is 4.43. The Balaban J connectivity index is 2.08. The molecular weight excluding hydrogens is 334 g/mol. The first-order valence-corrected chi connectivity index (χ1v) is 8.64. The molecule has 0 radical (unpaired) electrons. The quantitative estimate of drug-likeness (QED) is 0.601. The highest BCUT2D eigenvalue weighted by atomic mass is 16.2. The van der Waals surface area contributed by atoms with Gasteiger partial charge in [0.15, 0.2) is 17.3 Å². The molecule has 1 aliphatic carbocycles. The van der Waals surface area contributed by atoms with Crippen LogP contribution in [0.25, 0.3) is 11.4 Å². The molecule has 0 spiro atoms.